The monoisotopic (exact) mass is 661 g/mol. The molecule has 1 aliphatic carbocycles. The van der Waals surface area contributed by atoms with Crippen molar-refractivity contribution in [2.45, 2.75) is 38.8 Å². The Labute approximate surface area is 275 Å². The van der Waals surface area contributed by atoms with Crippen LogP contribution in [0, 0.1) is 5.82 Å². The van der Waals surface area contributed by atoms with Gasteiger partial charge in [0.25, 0.3) is 0 Å². The van der Waals surface area contributed by atoms with Crippen molar-refractivity contribution in [1.82, 2.24) is 30.4 Å². The van der Waals surface area contributed by atoms with E-state index in [0.29, 0.717) is 43.2 Å². The molecule has 1 saturated carbocycles. The number of nitrogens with zero attached hydrogens (tertiary/aromatic N) is 4. The summed E-state index contributed by atoms with van der Waals surface area (Å²) in [5.41, 5.74) is 2.90. The van der Waals surface area contributed by atoms with Crippen molar-refractivity contribution in [2.75, 3.05) is 44.6 Å². The lowest BCUT2D eigenvalue weighted by Gasteiger charge is -2.34. The fourth-order valence-corrected chi connectivity index (χ4v) is 6.17. The van der Waals surface area contributed by atoms with Gasteiger partial charge in [-0.2, -0.15) is 0 Å². The minimum atomic E-state index is -0.594. The van der Waals surface area contributed by atoms with Crippen LogP contribution in [0.4, 0.5) is 19.7 Å². The van der Waals surface area contributed by atoms with Crippen molar-refractivity contribution in [1.29, 1.82) is 0 Å². The normalized spacial score (nSPS) is 14.9. The maximum Gasteiger partial charge on any atom is 0.319 e. The van der Waals surface area contributed by atoms with Crippen LogP contribution in [-0.2, 0) is 16.1 Å². The third-order valence-corrected chi connectivity index (χ3v) is 8.91. The zero-order chi connectivity index (χ0) is 32.8. The minimum absolute atomic E-state index is 0.0403. The summed E-state index contributed by atoms with van der Waals surface area (Å²) < 4.78 is 26.5. The first-order valence-corrected chi connectivity index (χ1v) is 16.5. The standard InChI is InChI=1S/C33H36FN7O5S/c1-2-45-30(42)10-12-36-33(44)41-15-13-40(14-16-41)20-21-3-7-25(37-19-21)29-18-26-31(47-29)28(9-11-35-26)46-27-8-6-23(17-24(27)34)39-32(43)38-22-4-5-22/h3,6-9,11,17-19,22H,2,4-5,10,12-16,20H2,1H3,(H,36,44)(H2,38,39,43). The molecule has 2 fully saturated rings. The van der Waals surface area contributed by atoms with Crippen molar-refractivity contribution in [3.63, 3.8) is 0 Å². The Kier molecular flexibility index (Phi) is 10.1. The molecule has 1 saturated heterocycles. The van der Waals surface area contributed by atoms with E-state index in [2.05, 4.69) is 25.8 Å². The van der Waals surface area contributed by atoms with Gasteiger partial charge in [0.1, 0.15) is 5.75 Å². The highest BCUT2D eigenvalue weighted by Crippen LogP contribution is 2.39. The van der Waals surface area contributed by atoms with Gasteiger partial charge in [-0.25, -0.2) is 14.0 Å². The molecule has 0 bridgehead atoms. The van der Waals surface area contributed by atoms with Gasteiger partial charge in [0.2, 0.25) is 0 Å². The molecule has 4 amide bonds. The molecule has 246 valence electrons. The number of halogens is 1. The maximum atomic E-state index is 14.9. The fraction of sp³-hybridized carbons (Fsp3) is 0.364. The first-order valence-electron chi connectivity index (χ1n) is 15.6. The SMILES string of the molecule is CCOC(=O)CCNC(=O)N1CCN(Cc2ccc(-c3cc4nccc(Oc5ccc(NC(=O)NC6CC6)cc5F)c4s3)nc2)CC1. The lowest BCUT2D eigenvalue weighted by molar-refractivity contribution is -0.142. The first kappa shape index (κ1) is 32.1. The predicted octanol–water partition coefficient (Wildman–Crippen LogP) is 5.35. The Morgan fingerprint density at radius 1 is 1.02 bits per heavy atom. The van der Waals surface area contributed by atoms with Crippen LogP contribution in [0.2, 0.25) is 0 Å². The molecule has 6 rings (SSSR count). The van der Waals surface area contributed by atoms with Gasteiger partial charge >= 0.3 is 18.0 Å². The van der Waals surface area contributed by atoms with Gasteiger partial charge in [-0.05, 0) is 49.6 Å². The second kappa shape index (κ2) is 14.7. The average Bonchev–Trinajstić information content (AvgIpc) is 3.76. The number of benzene rings is 1. The quantitative estimate of drug-likeness (QED) is 0.183. The Hall–Kier alpha value is -4.82. The number of ether oxygens (including phenoxy) is 2. The van der Waals surface area contributed by atoms with E-state index in [4.69, 9.17) is 14.5 Å². The number of hydrogen-bond donors (Lipinski definition) is 3. The van der Waals surface area contributed by atoms with E-state index in [0.717, 1.165) is 46.8 Å². The summed E-state index contributed by atoms with van der Waals surface area (Å²) in [6.45, 7) is 5.70. The molecule has 0 spiro atoms. The zero-order valence-electron chi connectivity index (χ0n) is 26.0. The molecule has 1 aliphatic heterocycles. The molecule has 4 heterocycles. The van der Waals surface area contributed by atoms with Gasteiger partial charge in [-0.3, -0.25) is 19.7 Å². The van der Waals surface area contributed by atoms with Gasteiger partial charge in [0, 0.05) is 75.5 Å². The number of nitrogens with one attached hydrogen (secondary N) is 3. The Morgan fingerprint density at radius 3 is 2.57 bits per heavy atom. The molecule has 4 aromatic rings. The number of thiophene rings is 1. The minimum Gasteiger partial charge on any atom is -0.466 e. The number of esters is 1. The second-order valence-corrected chi connectivity index (χ2v) is 12.4. The summed E-state index contributed by atoms with van der Waals surface area (Å²) >= 11 is 1.46. The van der Waals surface area contributed by atoms with Gasteiger partial charge in [-0.1, -0.05) is 6.07 Å². The number of carbonyl (C=O) groups is 3. The van der Waals surface area contributed by atoms with Gasteiger partial charge in [0.05, 0.1) is 33.8 Å². The highest BCUT2D eigenvalue weighted by atomic mass is 32.1. The zero-order valence-corrected chi connectivity index (χ0v) is 26.8. The van der Waals surface area contributed by atoms with Crippen LogP contribution in [0.25, 0.3) is 20.8 Å². The Morgan fingerprint density at radius 2 is 1.85 bits per heavy atom. The summed E-state index contributed by atoms with van der Waals surface area (Å²) in [6, 6.07) is 11.7. The molecule has 2 aliphatic rings. The third kappa shape index (κ3) is 8.51. The molecule has 14 heteroatoms. The number of fused-ring (bicyclic) bond motifs is 1. The molecule has 12 nitrogen and oxygen atoms in total. The number of aromatic nitrogens is 2. The molecule has 0 radical (unpaired) electrons. The van der Waals surface area contributed by atoms with E-state index in [1.165, 1.54) is 23.5 Å². The van der Waals surface area contributed by atoms with Crippen molar-refractivity contribution in [3.8, 4) is 22.1 Å². The van der Waals surface area contributed by atoms with E-state index in [1.54, 1.807) is 30.2 Å². The van der Waals surface area contributed by atoms with Crippen molar-refractivity contribution in [2.24, 2.45) is 0 Å². The van der Waals surface area contributed by atoms with Gasteiger partial charge in [-0.15, -0.1) is 11.3 Å². The van der Waals surface area contributed by atoms with Crippen molar-refractivity contribution >= 4 is 45.3 Å². The lowest BCUT2D eigenvalue weighted by Crippen LogP contribution is -2.51. The van der Waals surface area contributed by atoms with Crippen LogP contribution >= 0.6 is 11.3 Å². The smallest absolute Gasteiger partial charge is 0.319 e. The van der Waals surface area contributed by atoms with E-state index in [1.807, 2.05) is 24.4 Å². The fourth-order valence-electron chi connectivity index (χ4n) is 5.13. The van der Waals surface area contributed by atoms with Crippen LogP contribution < -0.4 is 20.7 Å². The lowest BCUT2D eigenvalue weighted by atomic mass is 10.2. The average molecular weight is 662 g/mol. The van der Waals surface area contributed by atoms with Crippen molar-refractivity contribution in [3.05, 3.63) is 66.2 Å². The van der Waals surface area contributed by atoms with Crippen LogP contribution in [0.15, 0.2) is 54.9 Å². The summed E-state index contributed by atoms with van der Waals surface area (Å²) in [5, 5.41) is 8.24. The van der Waals surface area contributed by atoms with Gasteiger partial charge < -0.3 is 30.3 Å². The molecular formula is C33H36FN7O5S. The molecule has 3 N–H and O–H groups in total. The Bertz CT molecular complexity index is 1740. The maximum absolute atomic E-state index is 14.9. The molecule has 47 heavy (non-hydrogen) atoms. The van der Waals surface area contributed by atoms with E-state index >= 15 is 0 Å². The molecule has 0 unspecified atom stereocenters. The first-order chi connectivity index (χ1) is 22.8. The molecule has 3 aromatic heterocycles. The van der Waals surface area contributed by atoms with Crippen LogP contribution in [0.1, 0.15) is 31.7 Å². The van der Waals surface area contributed by atoms with E-state index in [9.17, 15) is 18.8 Å². The van der Waals surface area contributed by atoms with Crippen LogP contribution in [-0.4, -0.2) is 83.2 Å². The van der Waals surface area contributed by atoms with E-state index in [-0.39, 0.29) is 42.8 Å². The molecule has 0 atom stereocenters. The highest BCUT2D eigenvalue weighted by Gasteiger charge is 2.24. The summed E-state index contributed by atoms with van der Waals surface area (Å²) in [6.07, 6.45) is 5.56. The number of hydrogen-bond acceptors (Lipinski definition) is 9. The van der Waals surface area contributed by atoms with Crippen LogP contribution in [0.3, 0.4) is 0 Å². The Balaban J connectivity index is 1.02. The van der Waals surface area contributed by atoms with Gasteiger partial charge in [0.15, 0.2) is 11.6 Å². The number of amides is 4. The highest BCUT2D eigenvalue weighted by molar-refractivity contribution is 7.22. The van der Waals surface area contributed by atoms with Crippen LogP contribution in [0.5, 0.6) is 11.5 Å². The summed E-state index contributed by atoms with van der Waals surface area (Å²) in [7, 11) is 0. The topological polar surface area (TPSA) is 138 Å². The second-order valence-electron chi connectivity index (χ2n) is 11.4. The summed E-state index contributed by atoms with van der Waals surface area (Å²) in [4.78, 5) is 50.0. The molecule has 1 aromatic carbocycles. The largest absolute Gasteiger partial charge is 0.466 e. The predicted molar refractivity (Wildman–Crippen MR) is 176 cm³/mol. The van der Waals surface area contributed by atoms with E-state index < -0.39 is 5.82 Å². The number of piperazine rings is 1. The van der Waals surface area contributed by atoms with Crippen molar-refractivity contribution < 1.29 is 28.2 Å². The third-order valence-electron chi connectivity index (χ3n) is 7.75. The molecular weight excluding hydrogens is 625 g/mol. The number of rotatable bonds is 11. The number of urea groups is 2. The number of anilines is 1. The summed E-state index contributed by atoms with van der Waals surface area (Å²) in [5.74, 6) is -0.400. The number of pyridine rings is 2. The number of carbonyl (C=O) groups excluding carboxylic acids is 3.